The van der Waals surface area contributed by atoms with Crippen molar-refractivity contribution in [3.05, 3.63) is 74.9 Å². The van der Waals surface area contributed by atoms with Crippen LogP contribution in [-0.4, -0.2) is 101 Å². The van der Waals surface area contributed by atoms with Crippen molar-refractivity contribution >= 4 is 80.5 Å². The first-order valence-corrected chi connectivity index (χ1v) is 25.4. The van der Waals surface area contributed by atoms with E-state index in [4.69, 9.17) is 37.3 Å². The second-order valence-electron chi connectivity index (χ2n) is 15.1. The van der Waals surface area contributed by atoms with Crippen molar-refractivity contribution in [2.75, 3.05) is 55.9 Å². The molecule has 1 fully saturated rings. The number of anilines is 1. The van der Waals surface area contributed by atoms with E-state index in [9.17, 15) is 36.7 Å². The molecule has 4 heterocycles. The van der Waals surface area contributed by atoms with Crippen LogP contribution in [0.5, 0.6) is 5.75 Å². The Morgan fingerprint density at radius 3 is 2.49 bits per heavy atom. The first-order chi connectivity index (χ1) is 28.4. The number of hydrogen-bond donors (Lipinski definition) is 3. The van der Waals surface area contributed by atoms with Crippen molar-refractivity contribution in [2.45, 2.75) is 50.5 Å². The predicted octanol–water partition coefficient (Wildman–Crippen LogP) is 3.75. The Morgan fingerprint density at radius 2 is 1.90 bits per heavy atom. The number of carboxylic acids is 1. The van der Waals surface area contributed by atoms with Gasteiger partial charge < -0.3 is 33.3 Å². The zero-order valence-electron chi connectivity index (χ0n) is 34.0. The number of carboxylic acid groups (broad SMARTS) is 1. The standard InChI is InChI=1S/C18H17FN4O2S.C14H12ClNO4S.C3H8NO5P.C3H9S/c1-4-5-22-13-7-12(11(19)6-14(13)25-9-16(22)24)20-17-23-10-18(2,3)8-15(23)21-26-17;1-21(18,19)12-6-9(15)4-5-10(12)13(17)11-7-16-20-14(11)8-2-3-8;5-3(6)1-4-2-10(7,8)9;1-4(2)3/h1,6-7H,5,8-10H2,2-3H3;4-8H,2-3H2,1H3;4H,1-2H2,(H,5,6)(H2,7,8,9);1-3H3/q;;;+1/p-1/b20-17-;;;. The van der Waals surface area contributed by atoms with Crippen LogP contribution in [0.4, 0.5) is 15.8 Å². The van der Waals surface area contributed by atoms with Gasteiger partial charge in [-0.3, -0.25) is 24.6 Å². The maximum Gasteiger partial charge on any atom is 0.317 e. The van der Waals surface area contributed by atoms with Crippen LogP contribution in [0.1, 0.15) is 60.1 Å². The molecular formula is C38H45ClFN6O11PS3. The number of benzene rings is 2. The summed E-state index contributed by atoms with van der Waals surface area (Å²) in [7, 11) is -7.27. The van der Waals surface area contributed by atoms with Gasteiger partial charge in [-0.05, 0) is 53.4 Å². The van der Waals surface area contributed by atoms with Gasteiger partial charge in [0.2, 0.25) is 4.80 Å². The molecule has 2 aromatic carbocycles. The van der Waals surface area contributed by atoms with E-state index in [1.807, 2.05) is 9.88 Å². The van der Waals surface area contributed by atoms with Crippen LogP contribution < -0.4 is 24.6 Å². The number of fused-ring (bicyclic) bond motifs is 2. The Morgan fingerprint density at radius 1 is 1.23 bits per heavy atom. The van der Waals surface area contributed by atoms with Gasteiger partial charge in [-0.15, -0.1) is 6.42 Å². The third kappa shape index (κ3) is 14.3. The molecule has 330 valence electrons. The van der Waals surface area contributed by atoms with Gasteiger partial charge in [-0.25, -0.2) is 17.8 Å². The lowest BCUT2D eigenvalue weighted by molar-refractivity contribution is -0.193. The highest BCUT2D eigenvalue weighted by Crippen LogP contribution is 2.42. The summed E-state index contributed by atoms with van der Waals surface area (Å²) in [4.78, 5) is 58.9. The molecule has 1 atom stereocenters. The third-order valence-corrected chi connectivity index (χ3v) is 11.2. The van der Waals surface area contributed by atoms with Crippen LogP contribution >= 0.6 is 30.7 Å². The molecule has 4 aromatic rings. The highest BCUT2D eigenvalue weighted by atomic mass is 35.5. The van der Waals surface area contributed by atoms with Crippen LogP contribution in [0.15, 0.2) is 50.9 Å². The smallest absolute Gasteiger partial charge is 0.317 e. The second kappa shape index (κ2) is 20.7. The summed E-state index contributed by atoms with van der Waals surface area (Å²) in [5.74, 6) is 2.09. The Labute approximate surface area is 363 Å². The molecule has 1 unspecified atom stereocenters. The van der Waals surface area contributed by atoms with Crippen LogP contribution in [0.3, 0.4) is 0 Å². The van der Waals surface area contributed by atoms with Gasteiger partial charge in [-0.1, -0.05) is 36.5 Å². The van der Waals surface area contributed by atoms with E-state index in [0.717, 1.165) is 37.9 Å². The van der Waals surface area contributed by atoms with Gasteiger partial charge in [0.1, 0.15) is 24.9 Å². The number of hydrogen-bond acceptors (Lipinski definition) is 14. The number of nitrogens with one attached hydrogen (secondary N) is 1. The zero-order chi connectivity index (χ0) is 45.4. The first kappa shape index (κ1) is 49.3. The maximum absolute atomic E-state index is 14.5. The van der Waals surface area contributed by atoms with Gasteiger partial charge in [0.25, 0.3) is 5.91 Å². The maximum atomic E-state index is 14.5. The molecule has 0 saturated heterocycles. The quantitative estimate of drug-likeness (QED) is 0.0888. The molecular weight excluding hydrogens is 898 g/mol. The molecule has 1 saturated carbocycles. The molecule has 17 nitrogen and oxygen atoms in total. The average Bonchev–Trinajstić information content (AvgIpc) is 3.63. The fourth-order valence-electron chi connectivity index (χ4n) is 5.74. The SMILES string of the molecule is C#CCN1C(=O)COc2cc(F)c(/N=c3\snc4n3CC(C)(C)C4)cc21.CS(=O)(=O)c1cc(Cl)ccc1C(=O)c1cnoc1C1CC1.C[S+](C)C.O=C(O)CNCP(=O)([O-])O. The summed E-state index contributed by atoms with van der Waals surface area (Å²) in [6.45, 7) is 4.57. The fraction of sp³-hybridized carbons (Fsp3) is 0.421. The number of carbonyl (C=O) groups is 3. The number of aromatic nitrogens is 3. The largest absolute Gasteiger partial charge is 0.778 e. The first-order valence-electron chi connectivity index (χ1n) is 18.1. The molecule has 23 heteroatoms. The zero-order valence-corrected chi connectivity index (χ0v) is 38.1. The minimum atomic E-state index is -4.35. The second-order valence-corrected chi connectivity index (χ2v) is 22.3. The molecule has 7 rings (SSSR count). The van der Waals surface area contributed by atoms with Crippen LogP contribution in [-0.2, 0) is 47.9 Å². The summed E-state index contributed by atoms with van der Waals surface area (Å²) in [6, 6.07) is 6.96. The lowest BCUT2D eigenvalue weighted by atomic mass is 9.92. The molecule has 2 aliphatic heterocycles. The minimum Gasteiger partial charge on any atom is -0.778 e. The van der Waals surface area contributed by atoms with Gasteiger partial charge in [-0.2, -0.15) is 4.37 Å². The topological polar surface area (TPSA) is 247 Å². The molecule has 1 amide bonds. The normalized spacial score (nSPS) is 16.3. The Balaban J connectivity index is 0.000000209. The summed E-state index contributed by atoms with van der Waals surface area (Å²) in [6.07, 6.45) is 16.4. The summed E-state index contributed by atoms with van der Waals surface area (Å²) in [5.41, 5.74) is 1.09. The van der Waals surface area contributed by atoms with Crippen molar-refractivity contribution in [1.82, 2.24) is 19.4 Å². The molecule has 2 aromatic heterocycles. The molecule has 0 spiro atoms. The number of halogens is 2. The van der Waals surface area contributed by atoms with E-state index in [1.165, 1.54) is 53.0 Å². The van der Waals surface area contributed by atoms with Crippen LogP contribution in [0, 0.1) is 23.6 Å². The van der Waals surface area contributed by atoms with E-state index in [1.54, 1.807) is 0 Å². The Hall–Kier alpha value is -4.39. The summed E-state index contributed by atoms with van der Waals surface area (Å²) < 4.78 is 65.1. The highest BCUT2D eigenvalue weighted by Gasteiger charge is 2.34. The monoisotopic (exact) mass is 942 g/mol. The van der Waals surface area contributed by atoms with E-state index in [-0.39, 0.29) is 51.6 Å². The molecule has 61 heavy (non-hydrogen) atoms. The molecule has 3 N–H and O–H groups in total. The lowest BCUT2D eigenvalue weighted by Gasteiger charge is -2.28. The van der Waals surface area contributed by atoms with Crippen molar-refractivity contribution in [2.24, 2.45) is 10.4 Å². The fourth-order valence-corrected chi connectivity index (χ4v) is 8.04. The molecule has 0 radical (unpaired) electrons. The summed E-state index contributed by atoms with van der Waals surface area (Å²) >= 11 is 7.08. The number of aliphatic carboxylic acids is 1. The number of nitrogens with zero attached hydrogens (tertiary/aromatic N) is 5. The Kier molecular flexibility index (Phi) is 16.7. The van der Waals surface area contributed by atoms with Gasteiger partial charge in [0.15, 0.2) is 33.8 Å². The number of terminal acetylenes is 1. The lowest BCUT2D eigenvalue weighted by Crippen LogP contribution is -2.39. The van der Waals surface area contributed by atoms with Gasteiger partial charge in [0.05, 0.1) is 60.5 Å². The number of amides is 1. The third-order valence-electron chi connectivity index (χ3n) is 8.40. The number of ketones is 1. The molecule has 1 aliphatic carbocycles. The van der Waals surface area contributed by atoms with Crippen molar-refractivity contribution in [3.8, 4) is 18.1 Å². The number of ether oxygens (including phenoxy) is 1. The molecule has 3 aliphatic rings. The predicted molar refractivity (Wildman–Crippen MR) is 228 cm³/mol. The van der Waals surface area contributed by atoms with E-state index in [0.29, 0.717) is 38.5 Å². The minimum absolute atomic E-state index is 0.0806. The highest BCUT2D eigenvalue weighted by molar-refractivity contribution is 7.94. The van der Waals surface area contributed by atoms with Crippen LogP contribution in [0.2, 0.25) is 5.02 Å². The average molecular weight is 943 g/mol. The number of rotatable bonds is 10. The summed E-state index contributed by atoms with van der Waals surface area (Å²) in [5, 5.41) is 13.9. The Bertz CT molecular complexity index is 2540. The van der Waals surface area contributed by atoms with Gasteiger partial charge in [0, 0.05) is 53.3 Å². The van der Waals surface area contributed by atoms with E-state index in [2.05, 4.69) is 53.1 Å². The van der Waals surface area contributed by atoms with E-state index < -0.39 is 47.8 Å². The number of carbonyl (C=O) groups excluding carboxylic acids is 2. The van der Waals surface area contributed by atoms with Crippen LogP contribution in [0.25, 0.3) is 0 Å². The molecule has 0 bridgehead atoms. The van der Waals surface area contributed by atoms with Crippen molar-refractivity contribution < 1.29 is 55.9 Å². The van der Waals surface area contributed by atoms with Gasteiger partial charge >= 0.3 is 5.97 Å². The van der Waals surface area contributed by atoms with E-state index >= 15 is 0 Å². The number of sulfone groups is 1. The van der Waals surface area contributed by atoms with Crippen molar-refractivity contribution in [1.29, 1.82) is 0 Å². The van der Waals surface area contributed by atoms with Crippen molar-refractivity contribution in [3.63, 3.8) is 0 Å².